The molecule has 168 valence electrons. The summed E-state index contributed by atoms with van der Waals surface area (Å²) >= 11 is 0. The molecule has 0 unspecified atom stereocenters. The van der Waals surface area contributed by atoms with E-state index in [1.807, 2.05) is 48.5 Å². The first-order valence-electron chi connectivity index (χ1n) is 10.2. The number of H-pyrrole nitrogens is 1. The van der Waals surface area contributed by atoms with Crippen LogP contribution in [0.15, 0.2) is 64.2 Å². The predicted octanol–water partition coefficient (Wildman–Crippen LogP) is 2.51. The first-order valence-corrected chi connectivity index (χ1v) is 10.2. The second-order valence-electron chi connectivity index (χ2n) is 8.55. The summed E-state index contributed by atoms with van der Waals surface area (Å²) in [5.41, 5.74) is 6.32. The van der Waals surface area contributed by atoms with Gasteiger partial charge in [0.05, 0.1) is 6.54 Å². The summed E-state index contributed by atoms with van der Waals surface area (Å²) in [6.45, 7) is 6.03. The van der Waals surface area contributed by atoms with Crippen molar-refractivity contribution in [3.05, 3.63) is 86.6 Å². The Morgan fingerprint density at radius 3 is 2.34 bits per heavy atom. The highest BCUT2D eigenvalue weighted by Crippen LogP contribution is 2.31. The average Bonchev–Trinajstić information content (AvgIpc) is 2.75. The average molecular weight is 437 g/mol. The fourth-order valence-electron chi connectivity index (χ4n) is 3.40. The maximum Gasteiger partial charge on any atom is 0.330 e. The van der Waals surface area contributed by atoms with Gasteiger partial charge in [0, 0.05) is 7.05 Å². The number of carbonyl (C=O) groups excluding carboxylic acids is 1. The van der Waals surface area contributed by atoms with Crippen LogP contribution in [0.1, 0.15) is 31.9 Å². The molecule has 0 aliphatic heterocycles. The van der Waals surface area contributed by atoms with Crippen LogP contribution in [0.3, 0.4) is 0 Å². The molecule has 0 bridgehead atoms. The van der Waals surface area contributed by atoms with Crippen LogP contribution in [0.25, 0.3) is 0 Å². The lowest BCUT2D eigenvalue weighted by Gasteiger charge is -2.24. The Balaban J connectivity index is 1.85. The zero-order valence-corrected chi connectivity index (χ0v) is 18.7. The monoisotopic (exact) mass is 436 g/mol. The van der Waals surface area contributed by atoms with Crippen LogP contribution in [-0.4, -0.2) is 29.1 Å². The molecule has 3 rings (SSSR count). The number of carbonyl (C=O) groups is 1. The largest absolute Gasteiger partial charge is 0.483 e. The molecule has 1 amide bonds. The summed E-state index contributed by atoms with van der Waals surface area (Å²) < 4.78 is 7.01. The number of amides is 1. The van der Waals surface area contributed by atoms with Gasteiger partial charge in [0.15, 0.2) is 12.3 Å². The van der Waals surface area contributed by atoms with Gasteiger partial charge in [0.25, 0.3) is 11.5 Å². The van der Waals surface area contributed by atoms with Gasteiger partial charge in [-0.3, -0.25) is 19.1 Å². The van der Waals surface area contributed by atoms with Crippen molar-refractivity contribution < 1.29 is 9.53 Å². The van der Waals surface area contributed by atoms with E-state index in [9.17, 15) is 14.4 Å². The summed E-state index contributed by atoms with van der Waals surface area (Å²) in [5, 5.41) is 0. The number of para-hydroxylation sites is 1. The molecule has 1 aromatic heterocycles. The minimum Gasteiger partial charge on any atom is -0.483 e. The highest BCUT2D eigenvalue weighted by Gasteiger charge is 2.23. The molecule has 0 fully saturated rings. The quantitative estimate of drug-likeness (QED) is 0.617. The lowest BCUT2D eigenvalue weighted by Crippen LogP contribution is -2.41. The highest BCUT2D eigenvalue weighted by molar-refractivity contribution is 5.96. The second-order valence-corrected chi connectivity index (χ2v) is 8.55. The molecular formula is C24H28N4O4. The number of benzene rings is 2. The Morgan fingerprint density at radius 1 is 1.06 bits per heavy atom. The Bertz CT molecular complexity index is 1220. The molecule has 0 saturated heterocycles. The number of nitrogen functional groups attached to an aromatic ring is 1. The predicted molar refractivity (Wildman–Crippen MR) is 125 cm³/mol. The number of hydrogen-bond donors (Lipinski definition) is 2. The molecule has 1 heterocycles. The standard InChI is InChI=1S/C24H28N4O4/c1-24(2,3)17-12-8-9-13-18(17)32-15-19(29)27(4)20-21(25)28(23(31)26-22(20)30)14-16-10-6-5-7-11-16/h5-13H,14-15,25H2,1-4H3,(H,26,30,31). The number of nitrogens with two attached hydrogens (primary N) is 1. The molecule has 0 spiro atoms. The first kappa shape index (κ1) is 22.9. The van der Waals surface area contributed by atoms with Crippen LogP contribution in [-0.2, 0) is 16.8 Å². The van der Waals surface area contributed by atoms with E-state index in [1.165, 1.54) is 11.6 Å². The minimum atomic E-state index is -0.734. The van der Waals surface area contributed by atoms with Gasteiger partial charge in [-0.1, -0.05) is 69.3 Å². The van der Waals surface area contributed by atoms with Gasteiger partial charge in [-0.05, 0) is 22.6 Å². The summed E-state index contributed by atoms with van der Waals surface area (Å²) in [6, 6.07) is 16.7. The molecule has 0 saturated carbocycles. The van der Waals surface area contributed by atoms with Gasteiger partial charge in [-0.15, -0.1) is 0 Å². The van der Waals surface area contributed by atoms with E-state index in [0.717, 1.165) is 16.0 Å². The number of likely N-dealkylation sites (N-methyl/N-ethyl adjacent to an activating group) is 1. The van der Waals surface area contributed by atoms with Gasteiger partial charge in [0.2, 0.25) is 0 Å². The van der Waals surface area contributed by atoms with Crippen molar-refractivity contribution in [1.82, 2.24) is 9.55 Å². The van der Waals surface area contributed by atoms with Crippen LogP contribution < -0.4 is 26.6 Å². The zero-order valence-electron chi connectivity index (χ0n) is 18.7. The van der Waals surface area contributed by atoms with Crippen LogP contribution in [0.5, 0.6) is 5.75 Å². The van der Waals surface area contributed by atoms with Crippen LogP contribution in [0.4, 0.5) is 11.5 Å². The molecule has 3 N–H and O–H groups in total. The zero-order chi connectivity index (χ0) is 23.5. The van der Waals surface area contributed by atoms with Gasteiger partial charge in [0.1, 0.15) is 11.6 Å². The smallest absolute Gasteiger partial charge is 0.330 e. The molecule has 0 radical (unpaired) electrons. The van der Waals surface area contributed by atoms with Gasteiger partial charge >= 0.3 is 5.69 Å². The summed E-state index contributed by atoms with van der Waals surface area (Å²) in [5.74, 6) is 0.0297. The lowest BCUT2D eigenvalue weighted by atomic mass is 9.86. The number of aromatic amines is 1. The van der Waals surface area contributed by atoms with Crippen LogP contribution in [0.2, 0.25) is 0 Å². The van der Waals surface area contributed by atoms with Gasteiger partial charge in [-0.25, -0.2) is 4.79 Å². The van der Waals surface area contributed by atoms with E-state index in [-0.39, 0.29) is 30.1 Å². The minimum absolute atomic E-state index is 0.0893. The third kappa shape index (κ3) is 4.91. The number of nitrogens with zero attached hydrogens (tertiary/aromatic N) is 2. The van der Waals surface area contributed by atoms with E-state index in [0.29, 0.717) is 5.75 Å². The molecule has 0 aliphatic rings. The van der Waals surface area contributed by atoms with E-state index in [2.05, 4.69) is 25.8 Å². The van der Waals surface area contributed by atoms with Gasteiger partial charge in [-0.2, -0.15) is 0 Å². The Kier molecular flexibility index (Phi) is 6.53. The van der Waals surface area contributed by atoms with Crippen LogP contribution in [0, 0.1) is 0 Å². The maximum atomic E-state index is 12.8. The van der Waals surface area contributed by atoms with Gasteiger partial charge < -0.3 is 15.4 Å². The number of aromatic nitrogens is 2. The normalized spacial score (nSPS) is 11.2. The second kappa shape index (κ2) is 9.13. The fraction of sp³-hybridized carbons (Fsp3) is 0.292. The molecule has 32 heavy (non-hydrogen) atoms. The fourth-order valence-corrected chi connectivity index (χ4v) is 3.40. The Labute approximate surface area is 186 Å². The molecule has 2 aromatic carbocycles. The lowest BCUT2D eigenvalue weighted by molar-refractivity contribution is -0.120. The molecule has 8 nitrogen and oxygen atoms in total. The van der Waals surface area contributed by atoms with Crippen molar-refractivity contribution in [2.75, 3.05) is 24.3 Å². The topological polar surface area (TPSA) is 110 Å². The van der Waals surface area contributed by atoms with Crippen molar-refractivity contribution in [3.8, 4) is 5.75 Å². The molecular weight excluding hydrogens is 408 g/mol. The van der Waals surface area contributed by atoms with Crippen molar-refractivity contribution in [1.29, 1.82) is 0 Å². The number of hydrogen-bond acceptors (Lipinski definition) is 5. The van der Waals surface area contributed by atoms with E-state index in [1.54, 1.807) is 6.07 Å². The molecule has 0 atom stereocenters. The van der Waals surface area contributed by atoms with Crippen molar-refractivity contribution in [2.24, 2.45) is 0 Å². The highest BCUT2D eigenvalue weighted by atomic mass is 16.5. The van der Waals surface area contributed by atoms with E-state index in [4.69, 9.17) is 10.5 Å². The molecule has 8 heteroatoms. The number of anilines is 2. The SMILES string of the molecule is CN(C(=O)COc1ccccc1C(C)(C)C)c1c(N)n(Cc2ccccc2)c(=O)[nH]c1=O. The Morgan fingerprint density at radius 2 is 1.69 bits per heavy atom. The number of nitrogens with one attached hydrogen (secondary N) is 1. The van der Waals surface area contributed by atoms with Crippen LogP contribution >= 0.6 is 0 Å². The first-order chi connectivity index (χ1) is 15.1. The summed E-state index contributed by atoms with van der Waals surface area (Å²) in [4.78, 5) is 41.0. The summed E-state index contributed by atoms with van der Waals surface area (Å²) in [7, 11) is 1.43. The summed E-state index contributed by atoms with van der Waals surface area (Å²) in [6.07, 6.45) is 0. The Hall–Kier alpha value is -3.81. The molecule has 0 aliphatic carbocycles. The molecule has 3 aromatic rings. The van der Waals surface area contributed by atoms with E-state index < -0.39 is 17.2 Å². The third-order valence-corrected chi connectivity index (χ3v) is 5.15. The van der Waals surface area contributed by atoms with Crippen molar-refractivity contribution in [3.63, 3.8) is 0 Å². The third-order valence-electron chi connectivity index (χ3n) is 5.15. The maximum absolute atomic E-state index is 12.8. The number of rotatable bonds is 6. The van der Waals surface area contributed by atoms with E-state index >= 15 is 0 Å². The number of ether oxygens (including phenoxy) is 1. The van der Waals surface area contributed by atoms with Crippen molar-refractivity contribution >= 4 is 17.4 Å². The van der Waals surface area contributed by atoms with Crippen molar-refractivity contribution in [2.45, 2.75) is 32.7 Å².